The van der Waals surface area contributed by atoms with Gasteiger partial charge in [0.05, 0.1) is 17.1 Å². The van der Waals surface area contributed by atoms with Crippen LogP contribution in [0.2, 0.25) is 0 Å². The van der Waals surface area contributed by atoms with Crippen molar-refractivity contribution in [1.29, 1.82) is 0 Å². The molecule has 3 atom stereocenters. The van der Waals surface area contributed by atoms with Gasteiger partial charge in [-0.05, 0) is 49.1 Å². The second-order valence-corrected chi connectivity index (χ2v) is 7.61. The Balaban J connectivity index is 1.19. The van der Waals surface area contributed by atoms with Crippen molar-refractivity contribution >= 4 is 16.9 Å². The van der Waals surface area contributed by atoms with Gasteiger partial charge in [-0.15, -0.1) is 8.78 Å². The minimum Gasteiger partial charge on any atom is -0.395 e. The van der Waals surface area contributed by atoms with Crippen LogP contribution in [0, 0.1) is 5.92 Å². The topological polar surface area (TPSA) is 76.2 Å². The SMILES string of the molecule is C[C@@H](NC(=O)C[C@@H]1C[C@@H]1c1nc2ccccc2[nH]1)c1ccc2c(c1)OC(F)(F)O2. The maximum absolute atomic E-state index is 13.2. The number of carbonyl (C=O) groups is 1. The number of nitrogens with one attached hydrogen (secondary N) is 2. The summed E-state index contributed by atoms with van der Waals surface area (Å²) >= 11 is 0. The van der Waals surface area contributed by atoms with E-state index >= 15 is 0 Å². The van der Waals surface area contributed by atoms with Crippen molar-refractivity contribution in [1.82, 2.24) is 15.3 Å². The number of para-hydroxylation sites is 2. The van der Waals surface area contributed by atoms with Gasteiger partial charge in [0, 0.05) is 12.3 Å². The lowest BCUT2D eigenvalue weighted by Crippen LogP contribution is -2.27. The summed E-state index contributed by atoms with van der Waals surface area (Å²) < 4.78 is 35.2. The number of amides is 1. The molecule has 29 heavy (non-hydrogen) atoms. The highest BCUT2D eigenvalue weighted by Gasteiger charge is 2.44. The summed E-state index contributed by atoms with van der Waals surface area (Å²) in [5.41, 5.74) is 2.60. The third-order valence-corrected chi connectivity index (χ3v) is 5.43. The molecular weight excluding hydrogens is 380 g/mol. The third kappa shape index (κ3) is 3.50. The number of aromatic amines is 1. The molecule has 6 nitrogen and oxygen atoms in total. The van der Waals surface area contributed by atoms with E-state index in [-0.39, 0.29) is 35.3 Å². The van der Waals surface area contributed by atoms with E-state index in [9.17, 15) is 13.6 Å². The number of rotatable bonds is 5. The molecule has 2 aliphatic rings. The quantitative estimate of drug-likeness (QED) is 0.672. The van der Waals surface area contributed by atoms with Gasteiger partial charge in [-0.3, -0.25) is 4.79 Å². The van der Waals surface area contributed by atoms with Gasteiger partial charge in [-0.25, -0.2) is 4.98 Å². The Morgan fingerprint density at radius 3 is 2.90 bits per heavy atom. The molecular formula is C21H19F2N3O3. The zero-order chi connectivity index (χ0) is 20.2. The fourth-order valence-corrected chi connectivity index (χ4v) is 3.81. The maximum atomic E-state index is 13.2. The molecule has 1 aromatic heterocycles. The van der Waals surface area contributed by atoms with Crippen LogP contribution in [0.4, 0.5) is 8.78 Å². The molecule has 1 aliphatic carbocycles. The molecule has 1 amide bonds. The van der Waals surface area contributed by atoms with Crippen LogP contribution < -0.4 is 14.8 Å². The number of carbonyl (C=O) groups excluding carboxylic acids is 1. The van der Waals surface area contributed by atoms with Gasteiger partial charge in [-0.2, -0.15) is 0 Å². The standard InChI is InChI=1S/C21H19F2N3O3/c1-11(12-6-7-17-18(9-12)29-21(22,23)28-17)24-19(27)10-13-8-14(13)20-25-15-4-2-3-5-16(15)26-20/h2-7,9,11,13-14H,8,10H2,1H3,(H,24,27)(H,25,26)/t11-,13+,14+/m1/s1. The summed E-state index contributed by atoms with van der Waals surface area (Å²) in [6, 6.07) is 12.0. The number of hydrogen-bond acceptors (Lipinski definition) is 4. The summed E-state index contributed by atoms with van der Waals surface area (Å²) in [5, 5.41) is 2.92. The minimum absolute atomic E-state index is 0.0102. The summed E-state index contributed by atoms with van der Waals surface area (Å²) in [5.74, 6) is 1.32. The first-order chi connectivity index (χ1) is 13.9. The van der Waals surface area contributed by atoms with Crippen molar-refractivity contribution in [3.8, 4) is 11.5 Å². The van der Waals surface area contributed by atoms with Crippen molar-refractivity contribution in [2.24, 2.45) is 5.92 Å². The number of imidazole rings is 1. The van der Waals surface area contributed by atoms with Gasteiger partial charge in [0.25, 0.3) is 0 Å². The Morgan fingerprint density at radius 1 is 1.28 bits per heavy atom. The van der Waals surface area contributed by atoms with Crippen molar-refractivity contribution in [3.63, 3.8) is 0 Å². The van der Waals surface area contributed by atoms with E-state index in [1.165, 1.54) is 12.1 Å². The van der Waals surface area contributed by atoms with Crippen molar-refractivity contribution in [2.45, 2.75) is 38.0 Å². The lowest BCUT2D eigenvalue weighted by atomic mass is 10.1. The Hall–Kier alpha value is -3.16. The number of fused-ring (bicyclic) bond motifs is 2. The molecule has 1 saturated carbocycles. The van der Waals surface area contributed by atoms with Crippen molar-refractivity contribution in [2.75, 3.05) is 0 Å². The number of nitrogens with zero attached hydrogens (tertiary/aromatic N) is 1. The van der Waals surface area contributed by atoms with Crippen LogP contribution in [0.3, 0.4) is 0 Å². The smallest absolute Gasteiger partial charge is 0.395 e. The van der Waals surface area contributed by atoms with E-state index < -0.39 is 6.29 Å². The number of benzene rings is 2. The van der Waals surface area contributed by atoms with Crippen LogP contribution in [-0.4, -0.2) is 22.2 Å². The average Bonchev–Trinajstić information content (AvgIpc) is 3.16. The summed E-state index contributed by atoms with van der Waals surface area (Å²) in [7, 11) is 0. The first kappa shape index (κ1) is 17.9. The highest BCUT2D eigenvalue weighted by Crippen LogP contribution is 2.49. The number of H-pyrrole nitrogens is 1. The zero-order valence-electron chi connectivity index (χ0n) is 15.6. The number of hydrogen-bond donors (Lipinski definition) is 2. The Kier molecular flexibility index (Phi) is 3.97. The largest absolute Gasteiger partial charge is 0.586 e. The van der Waals surface area contributed by atoms with E-state index in [0.29, 0.717) is 12.0 Å². The molecule has 1 fully saturated rings. The highest BCUT2D eigenvalue weighted by molar-refractivity contribution is 5.78. The maximum Gasteiger partial charge on any atom is 0.586 e. The molecule has 2 aromatic carbocycles. The summed E-state index contributed by atoms with van der Waals surface area (Å²) in [4.78, 5) is 20.4. The van der Waals surface area contributed by atoms with Crippen LogP contribution in [0.1, 0.15) is 43.1 Å². The van der Waals surface area contributed by atoms with Gasteiger partial charge in [0.15, 0.2) is 11.5 Å². The molecule has 2 heterocycles. The van der Waals surface area contributed by atoms with Crippen molar-refractivity contribution < 1.29 is 23.0 Å². The molecule has 8 heteroatoms. The Bertz CT molecular complexity index is 1060. The molecule has 0 unspecified atom stereocenters. The molecule has 0 radical (unpaired) electrons. The number of halogens is 2. The molecule has 0 spiro atoms. The van der Waals surface area contributed by atoms with E-state index in [1.807, 2.05) is 24.3 Å². The first-order valence-corrected chi connectivity index (χ1v) is 9.52. The van der Waals surface area contributed by atoms with Gasteiger partial charge in [-0.1, -0.05) is 18.2 Å². The van der Waals surface area contributed by atoms with Crippen LogP contribution >= 0.6 is 0 Å². The minimum atomic E-state index is -3.65. The monoisotopic (exact) mass is 399 g/mol. The molecule has 1 aliphatic heterocycles. The molecule has 3 aromatic rings. The van der Waals surface area contributed by atoms with Gasteiger partial charge in [0.2, 0.25) is 5.91 Å². The lowest BCUT2D eigenvalue weighted by Gasteiger charge is -2.14. The first-order valence-electron chi connectivity index (χ1n) is 9.52. The van der Waals surface area contributed by atoms with E-state index in [4.69, 9.17) is 0 Å². The second kappa shape index (κ2) is 6.43. The number of ether oxygens (including phenoxy) is 2. The number of aromatic nitrogens is 2. The fraction of sp³-hybridized carbons (Fsp3) is 0.333. The fourth-order valence-electron chi connectivity index (χ4n) is 3.81. The van der Waals surface area contributed by atoms with Gasteiger partial charge < -0.3 is 19.8 Å². The van der Waals surface area contributed by atoms with Gasteiger partial charge in [0.1, 0.15) is 5.82 Å². The predicted octanol–water partition coefficient (Wildman–Crippen LogP) is 4.26. The molecule has 150 valence electrons. The average molecular weight is 399 g/mol. The highest BCUT2D eigenvalue weighted by atomic mass is 19.3. The van der Waals surface area contributed by atoms with Crippen LogP contribution in [0.25, 0.3) is 11.0 Å². The van der Waals surface area contributed by atoms with Crippen molar-refractivity contribution in [3.05, 3.63) is 53.9 Å². The van der Waals surface area contributed by atoms with E-state index in [2.05, 4.69) is 24.8 Å². The molecule has 5 rings (SSSR count). The molecule has 0 bridgehead atoms. The predicted molar refractivity (Wildman–Crippen MR) is 101 cm³/mol. The van der Waals surface area contributed by atoms with Crippen LogP contribution in [0.15, 0.2) is 42.5 Å². The normalized spacial score (nSPS) is 22.4. The van der Waals surface area contributed by atoms with Gasteiger partial charge >= 0.3 is 6.29 Å². The van der Waals surface area contributed by atoms with E-state index in [1.54, 1.807) is 13.0 Å². The second-order valence-electron chi connectivity index (χ2n) is 7.61. The lowest BCUT2D eigenvalue weighted by molar-refractivity contribution is -0.286. The Morgan fingerprint density at radius 2 is 2.07 bits per heavy atom. The molecule has 2 N–H and O–H groups in total. The van der Waals surface area contributed by atoms with Crippen LogP contribution in [-0.2, 0) is 4.79 Å². The van der Waals surface area contributed by atoms with Crippen LogP contribution in [0.5, 0.6) is 11.5 Å². The Labute approximate surface area is 165 Å². The zero-order valence-corrected chi connectivity index (χ0v) is 15.6. The summed E-state index contributed by atoms with van der Waals surface area (Å²) in [6.07, 6.45) is -2.33. The molecule has 0 saturated heterocycles. The van der Waals surface area contributed by atoms with E-state index in [0.717, 1.165) is 23.3 Å². The number of alkyl halides is 2. The third-order valence-electron chi connectivity index (χ3n) is 5.43. The summed E-state index contributed by atoms with van der Waals surface area (Å²) in [6.45, 7) is 1.80.